The summed E-state index contributed by atoms with van der Waals surface area (Å²) in [6.45, 7) is 2.27. The molecule has 136 valence electrons. The van der Waals surface area contributed by atoms with Crippen molar-refractivity contribution in [2.75, 3.05) is 0 Å². The summed E-state index contributed by atoms with van der Waals surface area (Å²) in [6, 6.07) is 4.93. The molecule has 3 N–H and O–H groups in total. The zero-order valence-electron chi connectivity index (χ0n) is 15.1. The van der Waals surface area contributed by atoms with Gasteiger partial charge in [-0.25, -0.2) is 0 Å². The van der Waals surface area contributed by atoms with Crippen molar-refractivity contribution >= 4 is 5.91 Å². The Balaban J connectivity index is 1.21. The lowest BCUT2D eigenvalue weighted by Gasteiger charge is -2.45. The van der Waals surface area contributed by atoms with Gasteiger partial charge in [-0.15, -0.1) is 0 Å². The standard InChI is InChI=1S/C21H30N2O2/c1-11-7-15(11)18-5-6-19(25-18)16-10-17(16)21(24)23-20-12-3-2-4-13(20)9-14(22)8-12/h5-6,11-17,20H,2-4,7-10,22H2,1H3,(H,23,24). The van der Waals surface area contributed by atoms with E-state index in [1.54, 1.807) is 0 Å². The highest BCUT2D eigenvalue weighted by molar-refractivity contribution is 5.83. The number of carbonyl (C=O) groups excluding carboxylic acids is 1. The summed E-state index contributed by atoms with van der Waals surface area (Å²) in [4.78, 5) is 12.8. The van der Waals surface area contributed by atoms with Gasteiger partial charge in [0.25, 0.3) is 0 Å². The van der Waals surface area contributed by atoms with Crippen LogP contribution in [0.1, 0.15) is 75.2 Å². The van der Waals surface area contributed by atoms with Gasteiger partial charge in [0, 0.05) is 29.8 Å². The van der Waals surface area contributed by atoms with Gasteiger partial charge in [0.2, 0.25) is 5.91 Å². The summed E-state index contributed by atoms with van der Waals surface area (Å²) < 4.78 is 6.06. The van der Waals surface area contributed by atoms with E-state index in [4.69, 9.17) is 10.2 Å². The molecule has 0 spiro atoms. The average Bonchev–Trinajstić information content (AvgIpc) is 3.46. The topological polar surface area (TPSA) is 68.3 Å². The van der Waals surface area contributed by atoms with Gasteiger partial charge in [-0.1, -0.05) is 13.3 Å². The zero-order chi connectivity index (χ0) is 17.1. The van der Waals surface area contributed by atoms with Gasteiger partial charge < -0.3 is 15.5 Å². The molecule has 4 fully saturated rings. The molecule has 4 aliphatic rings. The van der Waals surface area contributed by atoms with E-state index in [0.29, 0.717) is 35.8 Å². The lowest BCUT2D eigenvalue weighted by Crippen LogP contribution is -2.54. The van der Waals surface area contributed by atoms with E-state index >= 15 is 0 Å². The molecule has 0 aromatic carbocycles. The van der Waals surface area contributed by atoms with E-state index in [0.717, 1.165) is 36.7 Å². The van der Waals surface area contributed by atoms with E-state index < -0.39 is 0 Å². The quantitative estimate of drug-likeness (QED) is 0.879. The maximum atomic E-state index is 12.8. The molecule has 4 heteroatoms. The fraction of sp³-hybridized carbons (Fsp3) is 0.762. The first-order valence-electron chi connectivity index (χ1n) is 10.3. The van der Waals surface area contributed by atoms with Crippen molar-refractivity contribution in [3.63, 3.8) is 0 Å². The number of nitrogens with two attached hydrogens (primary N) is 1. The first-order valence-corrected chi connectivity index (χ1v) is 10.3. The fourth-order valence-electron chi connectivity index (χ4n) is 5.58. The first-order chi connectivity index (χ1) is 12.1. The second-order valence-corrected chi connectivity index (χ2v) is 9.23. The Morgan fingerprint density at radius 3 is 2.36 bits per heavy atom. The van der Waals surface area contributed by atoms with E-state index in [1.807, 2.05) is 0 Å². The Hall–Kier alpha value is -1.29. The molecule has 6 unspecified atom stereocenters. The van der Waals surface area contributed by atoms with Crippen LogP contribution < -0.4 is 11.1 Å². The Labute approximate surface area is 149 Å². The number of fused-ring (bicyclic) bond motifs is 2. The van der Waals surface area contributed by atoms with Gasteiger partial charge in [-0.05, 0) is 68.4 Å². The smallest absolute Gasteiger partial charge is 0.224 e. The highest BCUT2D eigenvalue weighted by atomic mass is 16.3. The highest BCUT2D eigenvalue weighted by Gasteiger charge is 2.49. The molecule has 4 nitrogen and oxygen atoms in total. The number of carbonyl (C=O) groups is 1. The number of nitrogens with one attached hydrogen (secondary N) is 1. The predicted molar refractivity (Wildman–Crippen MR) is 96.0 cm³/mol. The Kier molecular flexibility index (Phi) is 3.74. The van der Waals surface area contributed by atoms with Crippen LogP contribution in [0, 0.1) is 23.7 Å². The maximum absolute atomic E-state index is 12.8. The molecule has 0 aliphatic heterocycles. The van der Waals surface area contributed by atoms with Gasteiger partial charge in [0.15, 0.2) is 0 Å². The van der Waals surface area contributed by atoms with Crippen molar-refractivity contribution in [2.45, 2.75) is 75.8 Å². The van der Waals surface area contributed by atoms with Gasteiger partial charge in [-0.3, -0.25) is 4.79 Å². The number of rotatable bonds is 4. The van der Waals surface area contributed by atoms with Gasteiger partial charge >= 0.3 is 0 Å². The molecule has 1 aromatic rings. The van der Waals surface area contributed by atoms with E-state index in [1.165, 1.54) is 25.7 Å². The molecular weight excluding hydrogens is 312 g/mol. The molecule has 0 saturated heterocycles. The molecule has 1 heterocycles. The van der Waals surface area contributed by atoms with Crippen molar-refractivity contribution in [1.29, 1.82) is 0 Å². The molecule has 6 atom stereocenters. The molecule has 25 heavy (non-hydrogen) atoms. The van der Waals surface area contributed by atoms with Gasteiger partial charge in [0.1, 0.15) is 11.5 Å². The summed E-state index contributed by atoms with van der Waals surface area (Å²) in [6.07, 6.45) is 8.10. The van der Waals surface area contributed by atoms with Crippen LogP contribution in [-0.4, -0.2) is 18.0 Å². The third-order valence-electron chi connectivity index (χ3n) is 7.30. The lowest BCUT2D eigenvalue weighted by atomic mass is 9.67. The minimum atomic E-state index is 0.118. The largest absolute Gasteiger partial charge is 0.465 e. The average molecular weight is 342 g/mol. The Bertz CT molecular complexity index is 655. The zero-order valence-corrected chi connectivity index (χ0v) is 15.1. The highest BCUT2D eigenvalue weighted by Crippen LogP contribution is 2.52. The summed E-state index contributed by atoms with van der Waals surface area (Å²) in [5.74, 6) is 5.38. The molecule has 4 saturated carbocycles. The van der Waals surface area contributed by atoms with Crippen molar-refractivity contribution in [1.82, 2.24) is 5.32 Å². The summed E-state index contributed by atoms with van der Waals surface area (Å²) in [7, 11) is 0. The summed E-state index contributed by atoms with van der Waals surface area (Å²) >= 11 is 0. The summed E-state index contributed by atoms with van der Waals surface area (Å²) in [5, 5.41) is 3.42. The predicted octanol–water partition coefficient (Wildman–Crippen LogP) is 3.53. The van der Waals surface area contributed by atoms with Crippen LogP contribution in [0.4, 0.5) is 0 Å². The van der Waals surface area contributed by atoms with Gasteiger partial charge in [-0.2, -0.15) is 0 Å². The van der Waals surface area contributed by atoms with Crippen molar-refractivity contribution in [3.8, 4) is 0 Å². The van der Waals surface area contributed by atoms with Crippen LogP contribution in [0.15, 0.2) is 16.5 Å². The molecule has 2 bridgehead atoms. The summed E-state index contributed by atoms with van der Waals surface area (Å²) in [5.41, 5.74) is 6.20. The minimum absolute atomic E-state index is 0.118. The van der Waals surface area contributed by atoms with Gasteiger partial charge in [0.05, 0.1) is 0 Å². The molecule has 1 aromatic heterocycles. The van der Waals surface area contributed by atoms with E-state index in [-0.39, 0.29) is 11.8 Å². The van der Waals surface area contributed by atoms with Crippen LogP contribution in [0.2, 0.25) is 0 Å². The van der Waals surface area contributed by atoms with Crippen LogP contribution in [0.5, 0.6) is 0 Å². The minimum Gasteiger partial charge on any atom is -0.465 e. The molecule has 5 rings (SSSR count). The number of amides is 1. The molecular formula is C21H30N2O2. The third kappa shape index (κ3) is 2.92. The third-order valence-corrected chi connectivity index (χ3v) is 7.30. The molecule has 0 radical (unpaired) electrons. The number of furan rings is 1. The lowest BCUT2D eigenvalue weighted by molar-refractivity contribution is -0.124. The normalized spacial score (nSPS) is 45.0. The molecule has 4 aliphatic carbocycles. The van der Waals surface area contributed by atoms with Crippen LogP contribution in [0.25, 0.3) is 0 Å². The van der Waals surface area contributed by atoms with Crippen LogP contribution >= 0.6 is 0 Å². The van der Waals surface area contributed by atoms with E-state index in [2.05, 4.69) is 24.4 Å². The van der Waals surface area contributed by atoms with Crippen LogP contribution in [0.3, 0.4) is 0 Å². The number of hydrogen-bond acceptors (Lipinski definition) is 3. The first kappa shape index (κ1) is 15.9. The maximum Gasteiger partial charge on any atom is 0.224 e. The Morgan fingerprint density at radius 2 is 1.72 bits per heavy atom. The monoisotopic (exact) mass is 342 g/mol. The van der Waals surface area contributed by atoms with Crippen molar-refractivity contribution in [2.24, 2.45) is 29.4 Å². The fourth-order valence-corrected chi connectivity index (χ4v) is 5.58. The molecule has 1 amide bonds. The SMILES string of the molecule is CC1CC1c1ccc(C2CC2C(=O)NC2C3CCCC2CC(N)C3)o1. The van der Waals surface area contributed by atoms with Crippen LogP contribution in [-0.2, 0) is 4.79 Å². The second kappa shape index (κ2) is 5.87. The Morgan fingerprint density at radius 1 is 1.08 bits per heavy atom. The van der Waals surface area contributed by atoms with Crippen molar-refractivity contribution < 1.29 is 9.21 Å². The second-order valence-electron chi connectivity index (χ2n) is 9.23. The number of hydrogen-bond donors (Lipinski definition) is 2. The van der Waals surface area contributed by atoms with E-state index in [9.17, 15) is 4.79 Å². The van der Waals surface area contributed by atoms with Crippen molar-refractivity contribution in [3.05, 3.63) is 23.7 Å².